The van der Waals surface area contributed by atoms with E-state index in [4.69, 9.17) is 69.6 Å². The van der Waals surface area contributed by atoms with Gasteiger partial charge in [0.1, 0.15) is 0 Å². The van der Waals surface area contributed by atoms with Crippen LogP contribution in [-0.4, -0.2) is 56.8 Å². The molecule has 362 valence electrons. The Kier molecular flexibility index (Phi) is 25.5. The van der Waals surface area contributed by atoms with Crippen molar-refractivity contribution in [1.29, 1.82) is 0 Å². The molecule has 0 aliphatic carbocycles. The van der Waals surface area contributed by atoms with Crippen LogP contribution in [0.2, 0.25) is 23.3 Å². The van der Waals surface area contributed by atoms with Crippen LogP contribution in [0.15, 0.2) is 72.8 Å². The van der Waals surface area contributed by atoms with Crippen LogP contribution in [-0.2, 0) is 50.3 Å². The summed E-state index contributed by atoms with van der Waals surface area (Å²) in [5.74, 6) is 0. The molecule has 0 aromatic heterocycles. The molecule has 3 aromatic rings. The van der Waals surface area contributed by atoms with Gasteiger partial charge in [0, 0.05) is 0 Å². The van der Waals surface area contributed by atoms with Crippen molar-refractivity contribution in [3.8, 4) is 0 Å². The molecule has 13 heteroatoms. The summed E-state index contributed by atoms with van der Waals surface area (Å²) in [4.78, 5) is 5.30. The molecule has 0 spiro atoms. The maximum Gasteiger partial charge on any atom is 3.00 e. The largest absolute Gasteiger partial charge is 3.00 e. The molecule has 3 aromatic carbocycles. The van der Waals surface area contributed by atoms with Crippen LogP contribution < -0.4 is 26.8 Å². The van der Waals surface area contributed by atoms with E-state index in [-0.39, 0.29) is 47.7 Å². The van der Waals surface area contributed by atoms with Gasteiger partial charge in [0.2, 0.25) is 0 Å². The molecule has 0 saturated carbocycles. The van der Waals surface area contributed by atoms with Gasteiger partial charge in [-0.1, -0.05) is 0 Å². The van der Waals surface area contributed by atoms with E-state index < -0.39 is 50.3 Å². The monoisotopic (exact) mass is 1260 g/mol. The number of hydrogen-bond donors (Lipinski definition) is 0. The van der Waals surface area contributed by atoms with Crippen LogP contribution in [0.4, 0.5) is 17.1 Å². The first-order valence-electron chi connectivity index (χ1n) is 19.9. The quantitative estimate of drug-likeness (QED) is 0.102. The number of halogens is 6. The summed E-state index contributed by atoms with van der Waals surface area (Å²) in [6.07, 6.45) is 0. The first-order chi connectivity index (χ1) is 26.9. The molecule has 3 rings (SSSR count). The number of rotatable bonds is 12. The fraction of sp³-hybridized carbons (Fsp3) is 0.625. The van der Waals surface area contributed by atoms with Gasteiger partial charge in [-0.2, -0.15) is 0 Å². The van der Waals surface area contributed by atoms with Crippen LogP contribution in [0.3, 0.4) is 0 Å². The van der Waals surface area contributed by atoms with Crippen LogP contribution in [0.5, 0.6) is 0 Å². The molecule has 2 radical (unpaired) electrons. The number of anilines is 3. The first kappa shape index (κ1) is 62.2. The van der Waals surface area contributed by atoms with E-state index in [0.717, 1.165) is 0 Å². The minimum Gasteiger partial charge on any atom is 3.00 e. The Bertz CT molecular complexity index is 1510. The minimum atomic E-state index is -1.12. The average molecular weight is 1260 g/mol. The fourth-order valence-corrected chi connectivity index (χ4v) is 28.4. The summed E-state index contributed by atoms with van der Waals surface area (Å²) in [5.41, 5.74) is 3.66. The Balaban J connectivity index is 0.000000878. The molecule has 0 heterocycles. The second-order valence-electron chi connectivity index (χ2n) is 19.0. The normalized spacial score (nSPS) is 13.4. The fourth-order valence-electron chi connectivity index (χ4n) is 6.07. The van der Waals surface area contributed by atoms with Gasteiger partial charge in [-0.05, 0) is 0 Å². The second kappa shape index (κ2) is 25.0. The minimum absolute atomic E-state index is 0. The molecule has 3 nitrogen and oxygen atoms in total. The third-order valence-corrected chi connectivity index (χ3v) is 32.0. The second-order valence-corrected chi connectivity index (χ2v) is 41.5. The van der Waals surface area contributed by atoms with Crippen molar-refractivity contribution in [2.24, 2.45) is 0 Å². The first-order valence-corrected chi connectivity index (χ1v) is 29.5. The van der Waals surface area contributed by atoms with Crippen LogP contribution in [0.1, 0.15) is 104 Å². The molecule has 0 N–H and O–H groups in total. The van der Waals surface area contributed by atoms with Crippen molar-refractivity contribution >= 4 is 109 Å². The Labute approximate surface area is 425 Å². The van der Waals surface area contributed by atoms with Crippen molar-refractivity contribution in [3.63, 3.8) is 0 Å². The van der Waals surface area contributed by atoms with Gasteiger partial charge in [-0.3, -0.25) is 0 Å². The molecule has 0 atom stereocenters. The predicted octanol–water partition coefficient (Wildman–Crippen LogP) is 16.5. The number of benzene rings is 3. The third-order valence-electron chi connectivity index (χ3n) is 8.68. The summed E-state index contributed by atoms with van der Waals surface area (Å²) in [6, 6.07) is 26.6. The summed E-state index contributed by atoms with van der Waals surface area (Å²) in [7, 11) is 12.4. The van der Waals surface area contributed by atoms with E-state index in [1.165, 1.54) is 29.2 Å². The van der Waals surface area contributed by atoms with E-state index >= 15 is 0 Å². The van der Waals surface area contributed by atoms with Gasteiger partial charge in [-0.25, -0.2) is 0 Å². The average Bonchev–Trinajstić information content (AvgIpc) is 3.07. The van der Waals surface area contributed by atoms with Gasteiger partial charge in [0.25, 0.3) is 0 Å². The van der Waals surface area contributed by atoms with Crippen molar-refractivity contribution in [2.75, 3.05) is 57.0 Å². The Hall–Kier alpha value is 1.22. The van der Waals surface area contributed by atoms with Gasteiger partial charge < -0.3 is 0 Å². The molecule has 0 bridgehead atoms. The van der Waals surface area contributed by atoms with Crippen molar-refractivity contribution in [3.05, 3.63) is 72.8 Å². The van der Waals surface area contributed by atoms with Crippen molar-refractivity contribution in [1.82, 2.24) is 0 Å². The summed E-state index contributed by atoms with van der Waals surface area (Å²) >= 11 is 34.4. The number of nitrogens with zero attached hydrogens (tertiary/aromatic N) is 3. The Morgan fingerprint density at radius 1 is 0.328 bits per heavy atom. The van der Waals surface area contributed by atoms with Crippen LogP contribution in [0, 0.1) is 0 Å². The molecule has 0 amide bonds. The molecule has 0 unspecified atom stereocenters. The zero-order chi connectivity index (χ0) is 47.1. The Morgan fingerprint density at radius 2 is 0.475 bits per heavy atom. The van der Waals surface area contributed by atoms with Gasteiger partial charge >= 0.3 is 430 Å². The number of hydrogen-bond acceptors (Lipinski definition) is 3. The molecule has 0 saturated heterocycles. The van der Waals surface area contributed by atoms with E-state index in [1.807, 2.05) is 0 Å². The number of alkyl halides is 6. The van der Waals surface area contributed by atoms with Crippen LogP contribution >= 0.6 is 79.5 Å². The summed E-state index contributed by atoms with van der Waals surface area (Å²) < 4.78 is 4.61. The predicted molar refractivity (Wildman–Crippen MR) is 276 cm³/mol. The maximum absolute atomic E-state index is 6.29. The van der Waals surface area contributed by atoms with Crippen LogP contribution in [0.25, 0.3) is 0 Å². The van der Waals surface area contributed by atoms with Gasteiger partial charge in [0.15, 0.2) is 0 Å². The molecule has 0 aliphatic heterocycles. The van der Waals surface area contributed by atoms with E-state index in [1.54, 1.807) is 0 Å². The zero-order valence-electron chi connectivity index (χ0n) is 40.7. The SMILES string of the molecule is CN(C)c1cc[c]([Pd-]([C](C)(C)C)[C](C)(C)C(Cl)Cl)cc1.CN(C)c1cc[c]([Pd-]([C](C)(C)C)[C](C)(C)C(Cl)Cl)cc1.CN(C)c1cc[c]([Pd-]([C](C)(C)C)[C](C)(C)C(Cl)Cl)cc1.[P+3]. The van der Waals surface area contributed by atoms with E-state index in [9.17, 15) is 0 Å². The van der Waals surface area contributed by atoms with E-state index in [2.05, 4.69) is 234 Å². The van der Waals surface area contributed by atoms with Crippen molar-refractivity contribution in [2.45, 2.75) is 142 Å². The molecule has 0 fully saturated rings. The third kappa shape index (κ3) is 18.0. The summed E-state index contributed by atoms with van der Waals surface area (Å²) in [6.45, 7) is 33.9. The Morgan fingerprint density at radius 3 is 0.574 bits per heavy atom. The van der Waals surface area contributed by atoms with Crippen molar-refractivity contribution < 1.29 is 50.3 Å². The summed E-state index contributed by atoms with van der Waals surface area (Å²) in [5, 5.41) is 0. The maximum atomic E-state index is 6.29. The smallest absolute Gasteiger partial charge is 3.00 e. The van der Waals surface area contributed by atoms with E-state index in [0.29, 0.717) is 0 Å². The van der Waals surface area contributed by atoms with Gasteiger partial charge in [0.05, 0.1) is 0 Å². The molecule has 61 heavy (non-hydrogen) atoms. The molecular formula is C48H78Cl6N3PPd3. The van der Waals surface area contributed by atoms with Gasteiger partial charge in [-0.15, -0.1) is 0 Å². The standard InChI is InChI=1S/3C8H10N.3C4H7Cl2.3C4H9.P.3Pd/c3*1-9(2)8-6-4-3-5-7-8;3*1-3(2)4(5)6;3*1-4(2)3;;;;/h3*4-7H,1-2H3;3*4H,1-2H3;3*1-3H3;;;;/q;;;;;;;;;+3;3*-1. The zero-order valence-corrected chi connectivity index (χ0v) is 50.8. The molecule has 0 aliphatic rings. The topological polar surface area (TPSA) is 9.72 Å². The molecular weight excluding hydrogens is 1180 g/mol.